The van der Waals surface area contributed by atoms with Crippen molar-refractivity contribution < 1.29 is 0 Å². The normalized spacial score (nSPS) is 11.2. The van der Waals surface area contributed by atoms with Crippen LogP contribution in [0.4, 0.5) is 0 Å². The second-order valence-electron chi connectivity index (χ2n) is 4.44. The number of aromatic amines is 1. The first-order valence-corrected chi connectivity index (χ1v) is 7.95. The van der Waals surface area contributed by atoms with Crippen LogP contribution in [0.5, 0.6) is 0 Å². The van der Waals surface area contributed by atoms with Gasteiger partial charge in [-0.2, -0.15) is 14.9 Å². The molecule has 0 atom stereocenters. The number of H-pyrrole nitrogens is 1. The second-order valence-corrected chi connectivity index (χ2v) is 6.11. The summed E-state index contributed by atoms with van der Waals surface area (Å²) < 4.78 is 2.97. The SMILES string of the molecule is S=c1[nH]nc(-c2ccc(Cl)cc2)n1/N=C\c1ccccc1Br. The van der Waals surface area contributed by atoms with Crippen LogP contribution in [0.1, 0.15) is 5.56 Å². The minimum absolute atomic E-state index is 0.424. The van der Waals surface area contributed by atoms with Gasteiger partial charge < -0.3 is 0 Å². The summed E-state index contributed by atoms with van der Waals surface area (Å²) in [6.07, 6.45) is 1.73. The van der Waals surface area contributed by atoms with E-state index in [1.54, 1.807) is 23.0 Å². The molecule has 0 aliphatic carbocycles. The summed E-state index contributed by atoms with van der Waals surface area (Å²) in [6.45, 7) is 0. The van der Waals surface area contributed by atoms with Gasteiger partial charge in [0.25, 0.3) is 0 Å². The lowest BCUT2D eigenvalue weighted by Gasteiger charge is -2.01. The number of benzene rings is 2. The van der Waals surface area contributed by atoms with E-state index in [1.807, 2.05) is 36.4 Å². The molecule has 0 fully saturated rings. The maximum Gasteiger partial charge on any atom is 0.216 e. The largest absolute Gasteiger partial charge is 0.250 e. The molecule has 0 spiro atoms. The molecule has 0 unspecified atom stereocenters. The van der Waals surface area contributed by atoms with Crippen LogP contribution in [0.3, 0.4) is 0 Å². The molecule has 7 heteroatoms. The van der Waals surface area contributed by atoms with Gasteiger partial charge in [-0.1, -0.05) is 45.7 Å². The monoisotopic (exact) mass is 392 g/mol. The number of hydrogen-bond acceptors (Lipinski definition) is 3. The highest BCUT2D eigenvalue weighted by Crippen LogP contribution is 2.20. The minimum Gasteiger partial charge on any atom is -0.250 e. The fourth-order valence-corrected chi connectivity index (χ4v) is 2.58. The Morgan fingerprint density at radius 1 is 1.18 bits per heavy atom. The Balaban J connectivity index is 2.01. The highest BCUT2D eigenvalue weighted by molar-refractivity contribution is 9.10. The molecule has 0 amide bonds. The molecule has 0 bridgehead atoms. The summed E-state index contributed by atoms with van der Waals surface area (Å²) in [7, 11) is 0. The van der Waals surface area contributed by atoms with Gasteiger partial charge in [0.15, 0.2) is 5.82 Å². The molecule has 0 saturated carbocycles. The summed E-state index contributed by atoms with van der Waals surface area (Å²) in [5.74, 6) is 0.630. The number of nitrogens with zero attached hydrogens (tertiary/aromatic N) is 3. The topological polar surface area (TPSA) is 46.0 Å². The van der Waals surface area contributed by atoms with Gasteiger partial charge in [0.2, 0.25) is 4.77 Å². The van der Waals surface area contributed by atoms with Crippen LogP contribution in [0, 0.1) is 4.77 Å². The lowest BCUT2D eigenvalue weighted by atomic mass is 10.2. The Morgan fingerprint density at radius 3 is 2.64 bits per heavy atom. The van der Waals surface area contributed by atoms with Crippen molar-refractivity contribution in [3.63, 3.8) is 0 Å². The van der Waals surface area contributed by atoms with Crippen molar-refractivity contribution in [1.29, 1.82) is 0 Å². The predicted molar refractivity (Wildman–Crippen MR) is 95.0 cm³/mol. The van der Waals surface area contributed by atoms with Crippen LogP contribution >= 0.6 is 39.7 Å². The quantitative estimate of drug-likeness (QED) is 0.508. The molecule has 2 aromatic carbocycles. The molecule has 1 N–H and O–H groups in total. The Morgan fingerprint density at radius 2 is 1.91 bits per heavy atom. The van der Waals surface area contributed by atoms with Crippen molar-refractivity contribution in [2.24, 2.45) is 5.10 Å². The molecule has 0 radical (unpaired) electrons. The van der Waals surface area contributed by atoms with Gasteiger partial charge in [0.1, 0.15) is 0 Å². The minimum atomic E-state index is 0.424. The molecule has 3 aromatic rings. The zero-order valence-electron chi connectivity index (χ0n) is 11.2. The Labute approximate surface area is 145 Å². The van der Waals surface area contributed by atoms with Crippen molar-refractivity contribution in [2.75, 3.05) is 0 Å². The number of nitrogens with one attached hydrogen (secondary N) is 1. The first-order valence-electron chi connectivity index (χ1n) is 6.37. The summed E-state index contributed by atoms with van der Waals surface area (Å²) in [4.78, 5) is 0. The smallest absolute Gasteiger partial charge is 0.216 e. The molecule has 1 aromatic heterocycles. The number of hydrogen-bond donors (Lipinski definition) is 1. The molecule has 0 saturated heterocycles. The van der Waals surface area contributed by atoms with Gasteiger partial charge in [0.05, 0.1) is 6.21 Å². The highest BCUT2D eigenvalue weighted by Gasteiger charge is 2.08. The Bertz CT molecular complexity index is 883. The maximum atomic E-state index is 5.91. The van der Waals surface area contributed by atoms with Crippen LogP contribution in [-0.4, -0.2) is 21.1 Å². The van der Waals surface area contributed by atoms with Gasteiger partial charge in [-0.05, 0) is 42.5 Å². The molecule has 0 aliphatic heterocycles. The highest BCUT2D eigenvalue weighted by atomic mass is 79.9. The Hall–Kier alpha value is -1.76. The van der Waals surface area contributed by atoms with E-state index in [4.69, 9.17) is 23.8 Å². The van der Waals surface area contributed by atoms with E-state index >= 15 is 0 Å². The zero-order chi connectivity index (χ0) is 15.5. The van der Waals surface area contributed by atoms with E-state index in [0.29, 0.717) is 15.6 Å². The molecule has 110 valence electrons. The van der Waals surface area contributed by atoms with E-state index in [9.17, 15) is 0 Å². The average molecular weight is 394 g/mol. The van der Waals surface area contributed by atoms with Gasteiger partial charge in [-0.15, -0.1) is 0 Å². The number of rotatable bonds is 3. The summed E-state index contributed by atoms with van der Waals surface area (Å²) in [6, 6.07) is 15.2. The molecule has 3 rings (SSSR count). The average Bonchev–Trinajstić information content (AvgIpc) is 2.88. The lowest BCUT2D eigenvalue weighted by Crippen LogP contribution is -1.95. The first kappa shape index (κ1) is 15.1. The second kappa shape index (κ2) is 6.56. The van der Waals surface area contributed by atoms with Crippen molar-refractivity contribution in [3.05, 3.63) is 68.4 Å². The fraction of sp³-hybridized carbons (Fsp3) is 0. The van der Waals surface area contributed by atoms with Gasteiger partial charge >= 0.3 is 0 Å². The van der Waals surface area contributed by atoms with Crippen LogP contribution in [0.25, 0.3) is 11.4 Å². The molecule has 0 aliphatic rings. The van der Waals surface area contributed by atoms with Gasteiger partial charge in [-0.25, -0.2) is 5.10 Å². The fourth-order valence-electron chi connectivity index (χ4n) is 1.88. The lowest BCUT2D eigenvalue weighted by molar-refractivity contribution is 0.871. The summed E-state index contributed by atoms with van der Waals surface area (Å²) in [5, 5.41) is 12.1. The van der Waals surface area contributed by atoms with Gasteiger partial charge in [-0.3, -0.25) is 0 Å². The third kappa shape index (κ3) is 3.19. The zero-order valence-corrected chi connectivity index (χ0v) is 14.4. The van der Waals surface area contributed by atoms with Crippen molar-refractivity contribution in [1.82, 2.24) is 14.9 Å². The van der Waals surface area contributed by atoms with Crippen molar-refractivity contribution in [2.45, 2.75) is 0 Å². The van der Waals surface area contributed by atoms with E-state index in [0.717, 1.165) is 15.6 Å². The first-order chi connectivity index (χ1) is 10.6. The standard InChI is InChI=1S/C15H10BrClN4S/c16-13-4-2-1-3-11(13)9-18-21-14(19-20-15(21)22)10-5-7-12(17)8-6-10/h1-9H,(H,20,22)/b18-9-. The number of aromatic nitrogens is 3. The molecular formula is C15H10BrClN4S. The van der Waals surface area contributed by atoms with E-state index in [1.165, 1.54) is 0 Å². The third-order valence-electron chi connectivity index (χ3n) is 2.97. The molecular weight excluding hydrogens is 384 g/mol. The predicted octanol–water partition coefficient (Wildman–Crippen LogP) is 4.91. The van der Waals surface area contributed by atoms with E-state index < -0.39 is 0 Å². The van der Waals surface area contributed by atoms with Crippen molar-refractivity contribution >= 4 is 46.0 Å². The third-order valence-corrected chi connectivity index (χ3v) is 4.21. The molecule has 22 heavy (non-hydrogen) atoms. The summed E-state index contributed by atoms with van der Waals surface area (Å²) >= 11 is 14.6. The maximum absolute atomic E-state index is 5.91. The van der Waals surface area contributed by atoms with Crippen LogP contribution in [0.15, 0.2) is 58.1 Å². The molecule has 4 nitrogen and oxygen atoms in total. The van der Waals surface area contributed by atoms with Crippen LogP contribution in [-0.2, 0) is 0 Å². The van der Waals surface area contributed by atoms with E-state index in [-0.39, 0.29) is 0 Å². The van der Waals surface area contributed by atoms with Gasteiger partial charge in [0, 0.05) is 20.6 Å². The van der Waals surface area contributed by atoms with Crippen molar-refractivity contribution in [3.8, 4) is 11.4 Å². The van der Waals surface area contributed by atoms with Crippen LogP contribution in [0.2, 0.25) is 5.02 Å². The molecule has 1 heterocycles. The van der Waals surface area contributed by atoms with Crippen LogP contribution < -0.4 is 0 Å². The van der Waals surface area contributed by atoms with E-state index in [2.05, 4.69) is 31.2 Å². The summed E-state index contributed by atoms with van der Waals surface area (Å²) in [5.41, 5.74) is 1.83. The Kier molecular flexibility index (Phi) is 4.52. The number of halogens is 2.